The first-order chi connectivity index (χ1) is 9.12. The van der Waals surface area contributed by atoms with E-state index >= 15 is 0 Å². The van der Waals surface area contributed by atoms with E-state index in [1.807, 2.05) is 0 Å². The maximum Gasteiger partial charge on any atom is 0.409 e. The van der Waals surface area contributed by atoms with Crippen molar-refractivity contribution < 1.29 is 28.2 Å². The van der Waals surface area contributed by atoms with Crippen molar-refractivity contribution in [2.24, 2.45) is 11.6 Å². The van der Waals surface area contributed by atoms with Crippen LogP contribution in [-0.2, 0) is 10.4 Å². The van der Waals surface area contributed by atoms with E-state index in [-0.39, 0.29) is 11.3 Å². The molecule has 0 saturated heterocycles. The lowest BCUT2D eigenvalue weighted by atomic mass is 9.88. The summed E-state index contributed by atoms with van der Waals surface area (Å²) in [4.78, 5) is 21.7. The summed E-state index contributed by atoms with van der Waals surface area (Å²) >= 11 is 0. The fourth-order valence-corrected chi connectivity index (χ4v) is 1.47. The fraction of sp³-hybridized carbons (Fsp3) is 0.273. The minimum absolute atomic E-state index is 0.153. The monoisotopic (exact) mass is 289 g/mol. The third-order valence-corrected chi connectivity index (χ3v) is 2.64. The van der Waals surface area contributed by atoms with Gasteiger partial charge in [0.2, 0.25) is 0 Å². The number of amides is 2. The molecule has 0 aliphatic rings. The van der Waals surface area contributed by atoms with Crippen molar-refractivity contribution in [3.63, 3.8) is 0 Å². The molecule has 0 saturated carbocycles. The van der Waals surface area contributed by atoms with Crippen molar-refractivity contribution in [3.05, 3.63) is 29.8 Å². The molecule has 0 bridgehead atoms. The number of benzene rings is 1. The van der Waals surface area contributed by atoms with Crippen LogP contribution in [0.15, 0.2) is 24.3 Å². The molecule has 110 valence electrons. The van der Waals surface area contributed by atoms with E-state index in [0.29, 0.717) is 0 Å². The lowest BCUT2D eigenvalue weighted by Crippen LogP contribution is -2.55. The Bertz CT molecular complexity index is 534. The smallest absolute Gasteiger partial charge is 0.409 e. The van der Waals surface area contributed by atoms with E-state index in [0.717, 1.165) is 19.1 Å². The van der Waals surface area contributed by atoms with E-state index in [2.05, 4.69) is 10.6 Å². The Kier molecular flexibility index (Phi) is 4.26. The summed E-state index contributed by atoms with van der Waals surface area (Å²) in [5, 5.41) is 9.94. The minimum atomic E-state index is -4.20. The van der Waals surface area contributed by atoms with E-state index in [9.17, 15) is 23.5 Å². The van der Waals surface area contributed by atoms with Crippen LogP contribution in [0.3, 0.4) is 0 Å². The van der Waals surface area contributed by atoms with Crippen molar-refractivity contribution in [2.45, 2.75) is 18.4 Å². The summed E-state index contributed by atoms with van der Waals surface area (Å²) in [6, 6.07) is 4.61. The summed E-state index contributed by atoms with van der Waals surface area (Å²) in [6.45, 7) is 0.728. The molecule has 1 unspecified atom stereocenters. The van der Waals surface area contributed by atoms with E-state index in [1.54, 1.807) is 0 Å². The molecule has 0 aliphatic heterocycles. The molecule has 7 nitrogen and oxygen atoms in total. The zero-order valence-corrected chi connectivity index (χ0v) is 10.4. The molecule has 0 fully saturated rings. The van der Waals surface area contributed by atoms with Gasteiger partial charge in [-0.1, -0.05) is 12.1 Å². The first kappa shape index (κ1) is 15.8. The highest BCUT2D eigenvalue weighted by Gasteiger charge is 2.56. The molecule has 20 heavy (non-hydrogen) atoms. The second kappa shape index (κ2) is 5.39. The summed E-state index contributed by atoms with van der Waals surface area (Å²) in [7, 11) is 0. The Morgan fingerprint density at radius 2 is 2.00 bits per heavy atom. The average molecular weight is 289 g/mol. The molecule has 0 spiro atoms. The summed E-state index contributed by atoms with van der Waals surface area (Å²) in [6.07, 6.45) is -1.15. The van der Waals surface area contributed by atoms with Crippen LogP contribution in [0.25, 0.3) is 0 Å². The second-order valence-corrected chi connectivity index (χ2v) is 4.07. The van der Waals surface area contributed by atoms with Crippen LogP contribution >= 0.6 is 0 Å². The van der Waals surface area contributed by atoms with Crippen LogP contribution in [0.5, 0.6) is 5.75 Å². The molecule has 0 aromatic heterocycles. The number of nitrogens with two attached hydrogens (primary N) is 2. The van der Waals surface area contributed by atoms with E-state index in [1.165, 1.54) is 17.6 Å². The minimum Gasteiger partial charge on any atom is -0.410 e. The van der Waals surface area contributed by atoms with Gasteiger partial charge in [0.1, 0.15) is 5.75 Å². The van der Waals surface area contributed by atoms with Crippen LogP contribution in [-0.4, -0.2) is 23.0 Å². The highest BCUT2D eigenvalue weighted by atomic mass is 19.3. The number of hydrogen-bond acceptors (Lipinski definition) is 5. The number of primary amides is 1. The van der Waals surface area contributed by atoms with Crippen LogP contribution in [0.4, 0.5) is 13.6 Å². The van der Waals surface area contributed by atoms with Crippen LogP contribution in [0.1, 0.15) is 12.5 Å². The Hall–Kier alpha value is -2.26. The quantitative estimate of drug-likeness (QED) is 0.352. The number of aliphatic hydroxyl groups is 1. The van der Waals surface area contributed by atoms with Crippen LogP contribution in [0.2, 0.25) is 0 Å². The van der Waals surface area contributed by atoms with E-state index < -0.39 is 23.5 Å². The summed E-state index contributed by atoms with van der Waals surface area (Å²) < 4.78 is 32.1. The summed E-state index contributed by atoms with van der Waals surface area (Å²) in [5.41, 5.74) is 2.84. The molecular weight excluding hydrogens is 276 g/mol. The highest BCUT2D eigenvalue weighted by molar-refractivity contribution is 5.84. The number of carbonyl (C=O) groups excluding carboxylic acids is 2. The molecule has 6 N–H and O–H groups in total. The zero-order chi connectivity index (χ0) is 15.6. The molecule has 1 rings (SSSR count). The van der Waals surface area contributed by atoms with Gasteiger partial charge < -0.3 is 15.6 Å². The summed E-state index contributed by atoms with van der Waals surface area (Å²) in [5.74, 6) is -1.56. The maximum absolute atomic E-state index is 13.8. The van der Waals surface area contributed by atoms with Crippen LogP contribution in [0, 0.1) is 0 Å². The van der Waals surface area contributed by atoms with E-state index in [4.69, 9.17) is 5.73 Å². The first-order valence-electron chi connectivity index (χ1n) is 5.32. The number of carbonyl (C=O) groups is 2. The predicted molar refractivity (Wildman–Crippen MR) is 63.5 cm³/mol. The standard InChI is InChI=1S/C11H13F2N3O4/c1-10(19,11(12,13)8(17)16-15)6-3-2-4-7(5-6)20-9(14)18/h2-5,19H,15H2,1H3,(H2,14,18)(H,16,17). The third-order valence-electron chi connectivity index (χ3n) is 2.64. The SMILES string of the molecule is CC(O)(c1cccc(OC(N)=O)c1)C(F)(F)C(=O)NN. The van der Waals surface area contributed by atoms with Gasteiger partial charge in [0, 0.05) is 0 Å². The number of hydrazine groups is 1. The van der Waals surface area contributed by atoms with Gasteiger partial charge in [-0.05, 0) is 24.6 Å². The number of alkyl halides is 2. The maximum atomic E-state index is 13.8. The van der Waals surface area contributed by atoms with Crippen molar-refractivity contribution in [1.82, 2.24) is 5.43 Å². The largest absolute Gasteiger partial charge is 0.410 e. The average Bonchev–Trinajstić information content (AvgIpc) is 2.36. The number of hydrogen-bond donors (Lipinski definition) is 4. The van der Waals surface area contributed by atoms with Crippen LogP contribution < -0.4 is 21.7 Å². The molecule has 2 amide bonds. The van der Waals surface area contributed by atoms with Gasteiger partial charge in [0.15, 0.2) is 5.60 Å². The number of ether oxygens (including phenoxy) is 1. The first-order valence-corrected chi connectivity index (χ1v) is 5.32. The van der Waals surface area contributed by atoms with Gasteiger partial charge in [0.25, 0.3) is 0 Å². The molecule has 0 heterocycles. The van der Waals surface area contributed by atoms with Gasteiger partial charge in [0.05, 0.1) is 0 Å². The zero-order valence-electron chi connectivity index (χ0n) is 10.4. The Morgan fingerprint density at radius 3 is 2.50 bits per heavy atom. The van der Waals surface area contributed by atoms with Gasteiger partial charge >= 0.3 is 17.9 Å². The molecule has 1 aromatic rings. The number of halogens is 2. The van der Waals surface area contributed by atoms with Crippen molar-refractivity contribution >= 4 is 12.0 Å². The fourth-order valence-electron chi connectivity index (χ4n) is 1.47. The van der Waals surface area contributed by atoms with Crippen molar-refractivity contribution in [3.8, 4) is 5.75 Å². The highest BCUT2D eigenvalue weighted by Crippen LogP contribution is 2.38. The Labute approximate surface area is 112 Å². The lowest BCUT2D eigenvalue weighted by molar-refractivity contribution is -0.191. The topological polar surface area (TPSA) is 128 Å². The predicted octanol–water partition coefficient (Wildman–Crippen LogP) is -0.0232. The lowest BCUT2D eigenvalue weighted by Gasteiger charge is -2.31. The number of nitrogens with one attached hydrogen (secondary N) is 1. The van der Waals surface area contributed by atoms with Crippen molar-refractivity contribution in [2.75, 3.05) is 0 Å². The molecule has 0 aliphatic carbocycles. The second-order valence-electron chi connectivity index (χ2n) is 4.07. The van der Waals surface area contributed by atoms with Gasteiger partial charge in [-0.25, -0.2) is 10.6 Å². The molecule has 9 heteroatoms. The van der Waals surface area contributed by atoms with Gasteiger partial charge in [-0.3, -0.25) is 10.2 Å². The number of rotatable bonds is 4. The molecule has 1 aromatic carbocycles. The molecular formula is C11H13F2N3O4. The Balaban J connectivity index is 3.21. The molecule has 1 atom stereocenters. The molecule has 0 radical (unpaired) electrons. The Morgan fingerprint density at radius 1 is 1.40 bits per heavy atom. The third kappa shape index (κ3) is 2.83. The van der Waals surface area contributed by atoms with Gasteiger partial charge in [-0.15, -0.1) is 0 Å². The normalized spacial score (nSPS) is 14.2. The van der Waals surface area contributed by atoms with Crippen molar-refractivity contribution in [1.29, 1.82) is 0 Å². The van der Waals surface area contributed by atoms with Gasteiger partial charge in [-0.2, -0.15) is 8.78 Å².